The number of carbonyl (C=O) groups is 1. The second kappa shape index (κ2) is 8.81. The van der Waals surface area contributed by atoms with Crippen LogP contribution in [0.5, 0.6) is 0 Å². The molecule has 0 aromatic heterocycles. The summed E-state index contributed by atoms with van der Waals surface area (Å²) in [6.45, 7) is 3.16. The molecule has 26 heavy (non-hydrogen) atoms. The number of halogens is 1. The second-order valence-electron chi connectivity index (χ2n) is 6.68. The van der Waals surface area contributed by atoms with Crippen molar-refractivity contribution in [2.45, 2.75) is 19.3 Å². The molecule has 1 heterocycles. The number of amides is 1. The molecule has 0 atom stereocenters. The molecule has 2 N–H and O–H groups in total. The van der Waals surface area contributed by atoms with Gasteiger partial charge in [-0.2, -0.15) is 0 Å². The average Bonchev–Trinajstić information content (AvgIpc) is 3.19. The normalized spacial score (nSPS) is 13.8. The first-order valence-corrected chi connectivity index (χ1v) is 9.27. The first kappa shape index (κ1) is 18.4. The summed E-state index contributed by atoms with van der Waals surface area (Å²) in [6.07, 6.45) is 2.93. The lowest BCUT2D eigenvalue weighted by molar-refractivity contribution is 0.0761. The van der Waals surface area contributed by atoms with Crippen molar-refractivity contribution in [1.82, 2.24) is 4.90 Å². The molecule has 0 unspecified atom stereocenters. The monoisotopic (exact) mass is 355 g/mol. The third-order valence-electron chi connectivity index (χ3n) is 4.84. The smallest absolute Gasteiger partial charge is 0.254 e. The van der Waals surface area contributed by atoms with Crippen molar-refractivity contribution < 1.29 is 9.18 Å². The van der Waals surface area contributed by atoms with Crippen molar-refractivity contribution in [3.63, 3.8) is 0 Å². The van der Waals surface area contributed by atoms with Gasteiger partial charge >= 0.3 is 0 Å². The molecule has 5 heteroatoms. The van der Waals surface area contributed by atoms with Gasteiger partial charge in [-0.1, -0.05) is 30.3 Å². The number of benzene rings is 2. The van der Waals surface area contributed by atoms with Gasteiger partial charge in [0, 0.05) is 38.3 Å². The molecule has 1 aliphatic heterocycles. The molecule has 138 valence electrons. The number of rotatable bonds is 7. The van der Waals surface area contributed by atoms with Crippen molar-refractivity contribution in [2.24, 2.45) is 5.73 Å². The summed E-state index contributed by atoms with van der Waals surface area (Å²) in [4.78, 5) is 16.6. The van der Waals surface area contributed by atoms with Gasteiger partial charge < -0.3 is 15.5 Å². The first-order valence-electron chi connectivity index (χ1n) is 9.27. The summed E-state index contributed by atoms with van der Waals surface area (Å²) in [5, 5.41) is 0. The van der Waals surface area contributed by atoms with E-state index in [-0.39, 0.29) is 11.7 Å². The van der Waals surface area contributed by atoms with E-state index in [1.165, 1.54) is 6.07 Å². The number of anilines is 1. The number of carbonyl (C=O) groups excluding carboxylic acids is 1. The number of hydrogen-bond acceptors (Lipinski definition) is 3. The predicted molar refractivity (Wildman–Crippen MR) is 103 cm³/mol. The van der Waals surface area contributed by atoms with E-state index >= 15 is 0 Å². The minimum atomic E-state index is -0.325. The highest BCUT2D eigenvalue weighted by molar-refractivity contribution is 5.94. The molecule has 0 bridgehead atoms. The maximum Gasteiger partial charge on any atom is 0.254 e. The fourth-order valence-electron chi connectivity index (χ4n) is 3.42. The van der Waals surface area contributed by atoms with E-state index in [4.69, 9.17) is 5.73 Å². The van der Waals surface area contributed by atoms with Crippen LogP contribution in [0.3, 0.4) is 0 Å². The Hall–Kier alpha value is -2.40. The van der Waals surface area contributed by atoms with Gasteiger partial charge in [0.05, 0.1) is 5.69 Å². The van der Waals surface area contributed by atoms with E-state index in [0.717, 1.165) is 37.9 Å². The maximum atomic E-state index is 14.5. The van der Waals surface area contributed by atoms with Crippen molar-refractivity contribution >= 4 is 11.6 Å². The van der Waals surface area contributed by atoms with Crippen LogP contribution < -0.4 is 10.6 Å². The molecule has 1 fully saturated rings. The summed E-state index contributed by atoms with van der Waals surface area (Å²) >= 11 is 0. The molecule has 2 aromatic carbocycles. The van der Waals surface area contributed by atoms with Crippen LogP contribution in [0.4, 0.5) is 10.1 Å². The highest BCUT2D eigenvalue weighted by atomic mass is 19.1. The van der Waals surface area contributed by atoms with E-state index in [0.29, 0.717) is 30.9 Å². The van der Waals surface area contributed by atoms with Gasteiger partial charge in [-0.3, -0.25) is 4.79 Å². The van der Waals surface area contributed by atoms with Gasteiger partial charge in [0.25, 0.3) is 5.91 Å². The summed E-state index contributed by atoms with van der Waals surface area (Å²) in [7, 11) is 0. The summed E-state index contributed by atoms with van der Waals surface area (Å²) < 4.78 is 14.5. The highest BCUT2D eigenvalue weighted by Crippen LogP contribution is 2.25. The number of hydrogen-bond donors (Lipinski definition) is 1. The Morgan fingerprint density at radius 1 is 1.08 bits per heavy atom. The Bertz CT molecular complexity index is 729. The lowest BCUT2D eigenvalue weighted by Gasteiger charge is -2.23. The first-order chi connectivity index (χ1) is 12.7. The molecule has 1 amide bonds. The zero-order valence-corrected chi connectivity index (χ0v) is 15.0. The van der Waals surface area contributed by atoms with Crippen molar-refractivity contribution in [3.05, 3.63) is 65.5 Å². The second-order valence-corrected chi connectivity index (χ2v) is 6.68. The van der Waals surface area contributed by atoms with Crippen molar-refractivity contribution in [3.8, 4) is 0 Å². The van der Waals surface area contributed by atoms with Gasteiger partial charge in [0.2, 0.25) is 0 Å². The molecule has 0 spiro atoms. The molecular formula is C21H26FN3O. The molecule has 2 aromatic rings. The van der Waals surface area contributed by atoms with Crippen LogP contribution in [0.15, 0.2) is 48.5 Å². The molecule has 1 saturated heterocycles. The van der Waals surface area contributed by atoms with Crippen molar-refractivity contribution in [2.75, 3.05) is 37.6 Å². The van der Waals surface area contributed by atoms with E-state index in [9.17, 15) is 9.18 Å². The SMILES string of the molecule is NCCN(CCc1ccccc1)C(=O)c1ccc(N2CCCC2)c(F)c1. The van der Waals surface area contributed by atoms with E-state index < -0.39 is 0 Å². The molecule has 0 saturated carbocycles. The van der Waals surface area contributed by atoms with E-state index in [1.54, 1.807) is 17.0 Å². The summed E-state index contributed by atoms with van der Waals surface area (Å²) in [6, 6.07) is 14.8. The highest BCUT2D eigenvalue weighted by Gasteiger charge is 2.20. The largest absolute Gasteiger partial charge is 0.369 e. The average molecular weight is 355 g/mol. The summed E-state index contributed by atoms with van der Waals surface area (Å²) in [5.41, 5.74) is 7.81. The number of nitrogens with two attached hydrogens (primary N) is 1. The molecule has 4 nitrogen and oxygen atoms in total. The van der Waals surface area contributed by atoms with Crippen LogP contribution in [0.2, 0.25) is 0 Å². The fourth-order valence-corrected chi connectivity index (χ4v) is 3.42. The minimum absolute atomic E-state index is 0.168. The number of nitrogens with zero attached hydrogens (tertiary/aromatic N) is 2. The fraction of sp³-hybridized carbons (Fsp3) is 0.381. The standard InChI is InChI=1S/C21H26FN3O/c22-19-16-18(8-9-20(19)24-12-4-5-13-24)21(26)25(15-11-23)14-10-17-6-2-1-3-7-17/h1-3,6-9,16H,4-5,10-15,23H2. The molecule has 0 radical (unpaired) electrons. The lowest BCUT2D eigenvalue weighted by atomic mass is 10.1. The predicted octanol–water partition coefficient (Wildman–Crippen LogP) is 3.07. The Kier molecular flexibility index (Phi) is 6.23. The van der Waals surface area contributed by atoms with Crippen LogP contribution in [-0.2, 0) is 6.42 Å². The van der Waals surface area contributed by atoms with Gasteiger partial charge in [-0.05, 0) is 43.0 Å². The van der Waals surface area contributed by atoms with Gasteiger partial charge in [0.15, 0.2) is 0 Å². The van der Waals surface area contributed by atoms with Crippen LogP contribution >= 0.6 is 0 Å². The quantitative estimate of drug-likeness (QED) is 0.830. The Balaban J connectivity index is 1.70. The van der Waals surface area contributed by atoms with Crippen LogP contribution in [-0.4, -0.2) is 43.5 Å². The third-order valence-corrected chi connectivity index (χ3v) is 4.84. The van der Waals surface area contributed by atoms with Crippen molar-refractivity contribution in [1.29, 1.82) is 0 Å². The topological polar surface area (TPSA) is 49.6 Å². The van der Waals surface area contributed by atoms with Gasteiger partial charge in [0.1, 0.15) is 5.82 Å². The third kappa shape index (κ3) is 4.41. The lowest BCUT2D eigenvalue weighted by Crippen LogP contribution is -2.37. The minimum Gasteiger partial charge on any atom is -0.369 e. The van der Waals surface area contributed by atoms with E-state index in [1.807, 2.05) is 35.2 Å². The zero-order chi connectivity index (χ0) is 18.4. The Morgan fingerprint density at radius 2 is 1.81 bits per heavy atom. The van der Waals surface area contributed by atoms with Gasteiger partial charge in [-0.15, -0.1) is 0 Å². The van der Waals surface area contributed by atoms with Crippen LogP contribution in [0.25, 0.3) is 0 Å². The van der Waals surface area contributed by atoms with E-state index in [2.05, 4.69) is 0 Å². The Morgan fingerprint density at radius 3 is 2.46 bits per heavy atom. The Labute approximate surface area is 154 Å². The molecule has 3 rings (SSSR count). The molecular weight excluding hydrogens is 329 g/mol. The maximum absolute atomic E-state index is 14.5. The van der Waals surface area contributed by atoms with Crippen LogP contribution in [0.1, 0.15) is 28.8 Å². The molecule has 0 aliphatic carbocycles. The zero-order valence-electron chi connectivity index (χ0n) is 15.0. The van der Waals surface area contributed by atoms with Crippen LogP contribution in [0, 0.1) is 5.82 Å². The summed E-state index contributed by atoms with van der Waals surface area (Å²) in [5.74, 6) is -0.494. The molecule has 1 aliphatic rings. The van der Waals surface area contributed by atoms with Gasteiger partial charge in [-0.25, -0.2) is 4.39 Å².